The normalized spacial score (nSPS) is 33.5. The summed E-state index contributed by atoms with van der Waals surface area (Å²) < 4.78 is 0. The lowest BCUT2D eigenvalue weighted by molar-refractivity contribution is -0.130. The molecule has 4 nitrogen and oxygen atoms in total. The van der Waals surface area contributed by atoms with Crippen molar-refractivity contribution in [2.24, 2.45) is 11.8 Å². The summed E-state index contributed by atoms with van der Waals surface area (Å²) >= 11 is 0. The molecule has 1 amide bonds. The molecule has 92 valence electrons. The van der Waals surface area contributed by atoms with Gasteiger partial charge in [-0.25, -0.2) is 0 Å². The van der Waals surface area contributed by atoms with Crippen LogP contribution in [0.25, 0.3) is 0 Å². The molecule has 1 aliphatic carbocycles. The summed E-state index contributed by atoms with van der Waals surface area (Å²) in [7, 11) is 3.96. The van der Waals surface area contributed by atoms with Gasteiger partial charge in [-0.05, 0) is 32.9 Å². The van der Waals surface area contributed by atoms with E-state index in [4.69, 9.17) is 0 Å². The molecule has 2 fully saturated rings. The van der Waals surface area contributed by atoms with E-state index in [1.165, 1.54) is 0 Å². The van der Waals surface area contributed by atoms with Crippen LogP contribution in [0.1, 0.15) is 19.3 Å². The highest BCUT2D eigenvalue weighted by atomic mass is 16.3. The Morgan fingerprint density at radius 1 is 1.38 bits per heavy atom. The number of carbonyl (C=O) groups excluding carboxylic acids is 1. The van der Waals surface area contributed by atoms with Gasteiger partial charge in [0.25, 0.3) is 0 Å². The van der Waals surface area contributed by atoms with E-state index in [0.29, 0.717) is 18.3 Å². The summed E-state index contributed by atoms with van der Waals surface area (Å²) in [6.07, 6.45) is 2.44. The Bertz CT molecular complexity index is 268. The van der Waals surface area contributed by atoms with Crippen LogP contribution in [-0.4, -0.2) is 60.6 Å². The highest BCUT2D eigenvalue weighted by molar-refractivity contribution is 5.76. The molecule has 0 spiro atoms. The van der Waals surface area contributed by atoms with E-state index in [1.54, 1.807) is 0 Å². The van der Waals surface area contributed by atoms with Gasteiger partial charge >= 0.3 is 0 Å². The maximum absolute atomic E-state index is 11.9. The van der Waals surface area contributed by atoms with Crippen molar-refractivity contribution in [3.8, 4) is 0 Å². The van der Waals surface area contributed by atoms with Gasteiger partial charge in [0.15, 0.2) is 0 Å². The van der Waals surface area contributed by atoms with E-state index >= 15 is 0 Å². The zero-order valence-corrected chi connectivity index (χ0v) is 10.2. The van der Waals surface area contributed by atoms with Crippen LogP contribution in [0.15, 0.2) is 0 Å². The average Bonchev–Trinajstić information content (AvgIpc) is 2.78. The van der Waals surface area contributed by atoms with Gasteiger partial charge < -0.3 is 14.9 Å². The van der Waals surface area contributed by atoms with Crippen molar-refractivity contribution in [1.82, 2.24) is 9.80 Å². The number of aliphatic hydroxyl groups is 1. The van der Waals surface area contributed by atoms with E-state index in [1.807, 2.05) is 23.9 Å². The van der Waals surface area contributed by atoms with Crippen LogP contribution in [0.3, 0.4) is 0 Å². The molecule has 0 radical (unpaired) electrons. The summed E-state index contributed by atoms with van der Waals surface area (Å²) in [6, 6.07) is 0. The fraction of sp³-hybridized carbons (Fsp3) is 0.917. The first-order valence-corrected chi connectivity index (χ1v) is 6.18. The lowest BCUT2D eigenvalue weighted by Crippen LogP contribution is -2.33. The van der Waals surface area contributed by atoms with Gasteiger partial charge in [-0.2, -0.15) is 0 Å². The molecule has 0 aromatic rings. The SMILES string of the molecule is CN(C)CCC(=O)N1CC2CCC(O)C2C1. The summed E-state index contributed by atoms with van der Waals surface area (Å²) in [4.78, 5) is 15.9. The topological polar surface area (TPSA) is 43.8 Å². The molecule has 1 saturated heterocycles. The van der Waals surface area contributed by atoms with Crippen LogP contribution in [-0.2, 0) is 4.79 Å². The maximum atomic E-state index is 11.9. The van der Waals surface area contributed by atoms with Crippen LogP contribution in [0.2, 0.25) is 0 Å². The number of likely N-dealkylation sites (tertiary alicyclic amines) is 1. The van der Waals surface area contributed by atoms with Crippen molar-refractivity contribution in [3.63, 3.8) is 0 Å². The first-order chi connectivity index (χ1) is 7.58. The lowest BCUT2D eigenvalue weighted by atomic mass is 10.00. The molecule has 0 aromatic carbocycles. The Kier molecular flexibility index (Phi) is 3.50. The standard InChI is InChI=1S/C12H22N2O2/c1-13(2)6-5-12(16)14-7-9-3-4-11(15)10(9)8-14/h9-11,15H,3-8H2,1-2H3. The predicted molar refractivity (Wildman–Crippen MR) is 62.0 cm³/mol. The number of aliphatic hydroxyl groups excluding tert-OH is 1. The Hall–Kier alpha value is -0.610. The van der Waals surface area contributed by atoms with Crippen LogP contribution in [0.5, 0.6) is 0 Å². The molecule has 16 heavy (non-hydrogen) atoms. The van der Waals surface area contributed by atoms with Crippen LogP contribution in [0.4, 0.5) is 0 Å². The summed E-state index contributed by atoms with van der Waals surface area (Å²) in [5.41, 5.74) is 0. The van der Waals surface area contributed by atoms with Gasteiger partial charge in [0.1, 0.15) is 0 Å². The summed E-state index contributed by atoms with van der Waals surface area (Å²) in [6.45, 7) is 2.46. The number of hydrogen-bond donors (Lipinski definition) is 1. The number of hydrogen-bond acceptors (Lipinski definition) is 3. The van der Waals surface area contributed by atoms with Crippen LogP contribution in [0, 0.1) is 11.8 Å². The number of rotatable bonds is 3. The number of fused-ring (bicyclic) bond motifs is 1. The predicted octanol–water partition coefficient (Wildman–Crippen LogP) is 0.167. The fourth-order valence-corrected chi connectivity index (χ4v) is 2.92. The van der Waals surface area contributed by atoms with Gasteiger partial charge in [0, 0.05) is 32.0 Å². The molecular formula is C12H22N2O2. The third-order valence-electron chi connectivity index (χ3n) is 3.94. The van der Waals surface area contributed by atoms with Crippen LogP contribution >= 0.6 is 0 Å². The monoisotopic (exact) mass is 226 g/mol. The van der Waals surface area contributed by atoms with Crippen molar-refractivity contribution in [2.45, 2.75) is 25.4 Å². The van der Waals surface area contributed by atoms with Gasteiger partial charge in [-0.15, -0.1) is 0 Å². The Morgan fingerprint density at radius 3 is 2.75 bits per heavy atom. The van der Waals surface area contributed by atoms with Crippen molar-refractivity contribution < 1.29 is 9.90 Å². The molecule has 3 unspecified atom stereocenters. The quantitative estimate of drug-likeness (QED) is 0.746. The largest absolute Gasteiger partial charge is 0.393 e. The molecule has 1 N–H and O–H groups in total. The minimum Gasteiger partial charge on any atom is -0.393 e. The van der Waals surface area contributed by atoms with Gasteiger partial charge in [-0.1, -0.05) is 0 Å². The van der Waals surface area contributed by atoms with E-state index < -0.39 is 0 Å². The summed E-state index contributed by atoms with van der Waals surface area (Å²) in [5.74, 6) is 1.15. The second-order valence-corrected chi connectivity index (χ2v) is 5.42. The van der Waals surface area contributed by atoms with Gasteiger partial charge in [-0.3, -0.25) is 4.79 Å². The number of amides is 1. The molecule has 1 heterocycles. The zero-order chi connectivity index (χ0) is 11.7. The molecule has 2 aliphatic rings. The minimum atomic E-state index is -0.170. The Morgan fingerprint density at radius 2 is 2.12 bits per heavy atom. The summed E-state index contributed by atoms with van der Waals surface area (Å²) in [5, 5.41) is 9.77. The molecule has 4 heteroatoms. The minimum absolute atomic E-state index is 0.170. The van der Waals surface area contributed by atoms with Crippen LogP contribution < -0.4 is 0 Å². The second-order valence-electron chi connectivity index (χ2n) is 5.42. The molecule has 0 bridgehead atoms. The molecule has 2 rings (SSSR count). The maximum Gasteiger partial charge on any atom is 0.223 e. The van der Waals surface area contributed by atoms with Gasteiger partial charge in [0.05, 0.1) is 6.10 Å². The molecule has 1 saturated carbocycles. The highest BCUT2D eigenvalue weighted by Gasteiger charge is 2.42. The Balaban J connectivity index is 1.82. The smallest absolute Gasteiger partial charge is 0.223 e. The van der Waals surface area contributed by atoms with E-state index in [-0.39, 0.29) is 12.0 Å². The van der Waals surface area contributed by atoms with E-state index in [2.05, 4.69) is 0 Å². The third-order valence-corrected chi connectivity index (χ3v) is 3.94. The highest BCUT2D eigenvalue weighted by Crippen LogP contribution is 2.38. The fourth-order valence-electron chi connectivity index (χ4n) is 2.92. The second kappa shape index (κ2) is 4.72. The zero-order valence-electron chi connectivity index (χ0n) is 10.2. The first kappa shape index (κ1) is 11.9. The van der Waals surface area contributed by atoms with Gasteiger partial charge in [0.2, 0.25) is 5.91 Å². The molecule has 1 aliphatic heterocycles. The number of nitrogens with zero attached hydrogens (tertiary/aromatic N) is 2. The molecular weight excluding hydrogens is 204 g/mol. The first-order valence-electron chi connectivity index (χ1n) is 6.18. The third kappa shape index (κ3) is 2.38. The Labute approximate surface area is 97.2 Å². The van der Waals surface area contributed by atoms with E-state index in [9.17, 15) is 9.90 Å². The van der Waals surface area contributed by atoms with Crippen molar-refractivity contribution in [2.75, 3.05) is 33.7 Å². The molecule has 0 aromatic heterocycles. The average molecular weight is 226 g/mol. The number of carbonyl (C=O) groups is 1. The lowest BCUT2D eigenvalue weighted by Gasteiger charge is -2.19. The molecule has 3 atom stereocenters. The van der Waals surface area contributed by atoms with Crippen molar-refractivity contribution in [1.29, 1.82) is 0 Å². The van der Waals surface area contributed by atoms with Crippen molar-refractivity contribution in [3.05, 3.63) is 0 Å². The van der Waals surface area contributed by atoms with E-state index in [0.717, 1.165) is 32.5 Å². The van der Waals surface area contributed by atoms with Crippen molar-refractivity contribution >= 4 is 5.91 Å².